The molecule has 0 heterocycles. The maximum atomic E-state index is 11.1. The molecule has 2 unspecified atom stereocenters. The molecular formula is C18H18ClN3O3. The van der Waals surface area contributed by atoms with Crippen molar-refractivity contribution >= 4 is 17.6 Å². The van der Waals surface area contributed by atoms with Crippen LogP contribution in [0.15, 0.2) is 42.5 Å². The van der Waals surface area contributed by atoms with E-state index in [1.54, 1.807) is 37.3 Å². The number of amides is 2. The van der Waals surface area contributed by atoms with Crippen molar-refractivity contribution in [2.45, 2.75) is 26.0 Å². The normalized spacial score (nSPS) is 12.8. The molecule has 0 aliphatic heterocycles. The monoisotopic (exact) mass is 359 g/mol. The fourth-order valence-corrected chi connectivity index (χ4v) is 2.45. The maximum Gasteiger partial charge on any atom is 0.339 e. The SMILES string of the molecule is CC(Oc1ccc(C(C)N(O)C(N)=O)cc1C#N)c1ccc(Cl)cc1. The van der Waals surface area contributed by atoms with E-state index in [0.717, 1.165) is 5.56 Å². The van der Waals surface area contributed by atoms with E-state index >= 15 is 0 Å². The zero-order valence-electron chi connectivity index (χ0n) is 13.8. The molecule has 0 saturated carbocycles. The Morgan fingerprint density at radius 1 is 1.24 bits per heavy atom. The summed E-state index contributed by atoms with van der Waals surface area (Å²) in [6, 6.07) is 12.5. The first-order valence-electron chi connectivity index (χ1n) is 7.57. The van der Waals surface area contributed by atoms with E-state index in [1.165, 1.54) is 0 Å². The molecular weight excluding hydrogens is 342 g/mol. The van der Waals surface area contributed by atoms with Crippen LogP contribution in [-0.2, 0) is 0 Å². The van der Waals surface area contributed by atoms with Crippen molar-refractivity contribution in [2.75, 3.05) is 0 Å². The summed E-state index contributed by atoms with van der Waals surface area (Å²) in [6.07, 6.45) is -0.285. The fourth-order valence-electron chi connectivity index (χ4n) is 2.32. The Morgan fingerprint density at radius 3 is 2.40 bits per heavy atom. The highest BCUT2D eigenvalue weighted by Crippen LogP contribution is 2.29. The van der Waals surface area contributed by atoms with Crippen LogP contribution in [0.5, 0.6) is 5.75 Å². The molecule has 2 atom stereocenters. The van der Waals surface area contributed by atoms with Gasteiger partial charge in [0.25, 0.3) is 0 Å². The molecule has 2 rings (SSSR count). The third kappa shape index (κ3) is 4.41. The highest BCUT2D eigenvalue weighted by atomic mass is 35.5. The van der Waals surface area contributed by atoms with Crippen LogP contribution in [0.25, 0.3) is 0 Å². The molecule has 3 N–H and O–H groups in total. The minimum absolute atomic E-state index is 0.285. The topological polar surface area (TPSA) is 99.6 Å². The van der Waals surface area contributed by atoms with Crippen LogP contribution in [0.4, 0.5) is 4.79 Å². The summed E-state index contributed by atoms with van der Waals surface area (Å²) in [6.45, 7) is 3.46. The number of ether oxygens (including phenoxy) is 1. The van der Waals surface area contributed by atoms with Gasteiger partial charge in [0.1, 0.15) is 17.9 Å². The van der Waals surface area contributed by atoms with Gasteiger partial charge in [-0.1, -0.05) is 29.8 Å². The van der Waals surface area contributed by atoms with E-state index in [1.807, 2.05) is 19.1 Å². The number of benzene rings is 2. The van der Waals surface area contributed by atoms with E-state index in [9.17, 15) is 15.3 Å². The summed E-state index contributed by atoms with van der Waals surface area (Å²) < 4.78 is 5.87. The standard InChI is InChI=1S/C18H18ClN3O3/c1-11(22(24)18(21)23)14-5-8-17(15(9-14)10-20)25-12(2)13-3-6-16(19)7-4-13/h3-9,11-12,24H,1-2H3,(H2,21,23). The Hall–Kier alpha value is -2.75. The molecule has 0 aliphatic rings. The summed E-state index contributed by atoms with van der Waals surface area (Å²) in [7, 11) is 0. The summed E-state index contributed by atoms with van der Waals surface area (Å²) in [4.78, 5) is 11.1. The number of hydroxylamine groups is 2. The van der Waals surface area contributed by atoms with Gasteiger partial charge in [0.05, 0.1) is 11.6 Å². The molecule has 2 amide bonds. The lowest BCUT2D eigenvalue weighted by Crippen LogP contribution is -2.34. The third-order valence-corrected chi connectivity index (χ3v) is 4.09. The largest absolute Gasteiger partial charge is 0.485 e. The molecule has 0 bridgehead atoms. The number of hydrogen-bond donors (Lipinski definition) is 2. The summed E-state index contributed by atoms with van der Waals surface area (Å²) in [5.74, 6) is 0.407. The molecule has 0 spiro atoms. The first-order chi connectivity index (χ1) is 11.8. The van der Waals surface area contributed by atoms with Gasteiger partial charge in [0.15, 0.2) is 0 Å². The number of halogens is 1. The first kappa shape index (κ1) is 18.6. The predicted octanol–water partition coefficient (Wildman–Crippen LogP) is 4.18. The molecule has 0 aromatic heterocycles. The van der Waals surface area contributed by atoms with Crippen LogP contribution in [0.2, 0.25) is 5.02 Å². The molecule has 0 fully saturated rings. The van der Waals surface area contributed by atoms with E-state index in [2.05, 4.69) is 6.07 Å². The molecule has 2 aromatic carbocycles. The number of hydrogen-bond acceptors (Lipinski definition) is 4. The van der Waals surface area contributed by atoms with Crippen LogP contribution < -0.4 is 10.5 Å². The Balaban J connectivity index is 2.23. The van der Waals surface area contributed by atoms with Gasteiger partial charge < -0.3 is 10.5 Å². The molecule has 2 aromatic rings. The minimum atomic E-state index is -0.970. The number of nitriles is 1. The van der Waals surface area contributed by atoms with E-state index in [0.29, 0.717) is 27.0 Å². The van der Waals surface area contributed by atoms with Crippen molar-refractivity contribution in [3.63, 3.8) is 0 Å². The van der Waals surface area contributed by atoms with E-state index < -0.39 is 12.1 Å². The van der Waals surface area contributed by atoms with Crippen molar-refractivity contribution < 1.29 is 14.7 Å². The number of nitrogens with two attached hydrogens (primary N) is 1. The Kier molecular flexibility index (Phi) is 5.86. The number of urea groups is 1. The van der Waals surface area contributed by atoms with Crippen LogP contribution in [0, 0.1) is 11.3 Å². The van der Waals surface area contributed by atoms with Crippen molar-refractivity contribution in [3.8, 4) is 11.8 Å². The number of primary amides is 1. The summed E-state index contributed by atoms with van der Waals surface area (Å²) in [5.41, 5.74) is 6.83. The highest BCUT2D eigenvalue weighted by molar-refractivity contribution is 6.30. The predicted molar refractivity (Wildman–Crippen MR) is 93.3 cm³/mol. The lowest BCUT2D eigenvalue weighted by Gasteiger charge is -2.22. The van der Waals surface area contributed by atoms with Crippen molar-refractivity contribution in [3.05, 3.63) is 64.2 Å². The van der Waals surface area contributed by atoms with Crippen molar-refractivity contribution in [1.29, 1.82) is 5.26 Å². The molecule has 0 radical (unpaired) electrons. The van der Waals surface area contributed by atoms with Crippen LogP contribution in [-0.4, -0.2) is 16.3 Å². The molecule has 0 saturated heterocycles. The fraction of sp³-hybridized carbons (Fsp3) is 0.222. The van der Waals surface area contributed by atoms with Gasteiger partial charge in [-0.2, -0.15) is 10.3 Å². The quantitative estimate of drug-likeness (QED) is 0.617. The number of carbonyl (C=O) groups is 1. The lowest BCUT2D eigenvalue weighted by atomic mass is 10.0. The van der Waals surface area contributed by atoms with Gasteiger partial charge in [0, 0.05) is 5.02 Å². The minimum Gasteiger partial charge on any atom is -0.485 e. The molecule has 130 valence electrons. The second-order valence-corrected chi connectivity index (χ2v) is 5.97. The van der Waals surface area contributed by atoms with Gasteiger partial charge in [-0.25, -0.2) is 4.79 Å². The second kappa shape index (κ2) is 7.88. The lowest BCUT2D eigenvalue weighted by molar-refractivity contribution is -0.0710. The van der Waals surface area contributed by atoms with Gasteiger partial charge in [-0.3, -0.25) is 5.21 Å². The molecule has 0 aliphatic carbocycles. The second-order valence-electron chi connectivity index (χ2n) is 5.54. The van der Waals surface area contributed by atoms with E-state index in [4.69, 9.17) is 22.1 Å². The first-order valence-corrected chi connectivity index (χ1v) is 7.95. The Labute approximate surface area is 150 Å². The summed E-state index contributed by atoms with van der Waals surface area (Å²) >= 11 is 5.88. The van der Waals surface area contributed by atoms with Gasteiger partial charge in [-0.15, -0.1) is 0 Å². The average Bonchev–Trinajstić information content (AvgIpc) is 2.61. The van der Waals surface area contributed by atoms with Crippen LogP contribution >= 0.6 is 11.6 Å². The molecule has 25 heavy (non-hydrogen) atoms. The molecule has 6 nitrogen and oxygen atoms in total. The van der Waals surface area contributed by atoms with Crippen molar-refractivity contribution in [1.82, 2.24) is 5.06 Å². The molecule has 7 heteroatoms. The number of nitrogens with zero attached hydrogens (tertiary/aromatic N) is 2. The Morgan fingerprint density at radius 2 is 1.84 bits per heavy atom. The average molecular weight is 360 g/mol. The van der Waals surface area contributed by atoms with Gasteiger partial charge >= 0.3 is 6.03 Å². The van der Waals surface area contributed by atoms with E-state index in [-0.39, 0.29) is 6.10 Å². The highest BCUT2D eigenvalue weighted by Gasteiger charge is 2.19. The third-order valence-electron chi connectivity index (χ3n) is 3.84. The zero-order chi connectivity index (χ0) is 18.6. The van der Waals surface area contributed by atoms with Crippen LogP contribution in [0.1, 0.15) is 42.7 Å². The maximum absolute atomic E-state index is 11.1. The van der Waals surface area contributed by atoms with Crippen LogP contribution in [0.3, 0.4) is 0 Å². The Bertz CT molecular complexity index is 802. The number of carbonyl (C=O) groups excluding carboxylic acids is 1. The summed E-state index contributed by atoms with van der Waals surface area (Å²) in [5, 5.41) is 20.1. The van der Waals surface area contributed by atoms with Gasteiger partial charge in [0.2, 0.25) is 0 Å². The van der Waals surface area contributed by atoms with Crippen molar-refractivity contribution in [2.24, 2.45) is 5.73 Å². The van der Waals surface area contributed by atoms with Gasteiger partial charge in [-0.05, 0) is 49.2 Å². The zero-order valence-corrected chi connectivity index (χ0v) is 14.6. The smallest absolute Gasteiger partial charge is 0.339 e. The number of rotatable bonds is 5.